The topological polar surface area (TPSA) is 89.3 Å². The van der Waals surface area contributed by atoms with E-state index in [-0.39, 0.29) is 17.3 Å². The van der Waals surface area contributed by atoms with Crippen LogP contribution in [0.4, 0.5) is 5.69 Å². The molecule has 4 nitrogen and oxygen atoms in total. The predicted molar refractivity (Wildman–Crippen MR) is 50.4 cm³/mol. The van der Waals surface area contributed by atoms with Crippen LogP contribution in [0, 0.1) is 0 Å². The number of aromatic carboxylic acids is 1. The molecule has 0 aliphatic carbocycles. The van der Waals surface area contributed by atoms with Gasteiger partial charge in [-0.1, -0.05) is 12.1 Å². The fraction of sp³-hybridized carbons (Fsp3) is 0.222. The van der Waals surface area contributed by atoms with Gasteiger partial charge >= 0.3 is 5.97 Å². The number of hydrogen-bond acceptors (Lipinski definition) is 3. The van der Waals surface area contributed by atoms with Crippen LogP contribution in [0.25, 0.3) is 0 Å². The lowest BCUT2D eigenvalue weighted by molar-refractivity contribution is 0.0698. The summed E-state index contributed by atoms with van der Waals surface area (Å²) in [6, 6.07) is 4.58. The van der Waals surface area contributed by atoms with E-state index < -0.39 is 5.97 Å². The molecule has 0 amide bonds. The van der Waals surface area contributed by atoms with Gasteiger partial charge in [-0.05, 0) is 18.6 Å². The number of para-hydroxylation sites is 1. The molecule has 0 saturated heterocycles. The zero-order valence-electron chi connectivity index (χ0n) is 7.32. The van der Waals surface area contributed by atoms with Crippen molar-refractivity contribution in [3.8, 4) is 0 Å². The van der Waals surface area contributed by atoms with Gasteiger partial charge in [-0.25, -0.2) is 4.79 Å². The van der Waals surface area contributed by atoms with Crippen LogP contribution in [0.3, 0.4) is 0 Å². The third kappa shape index (κ3) is 1.78. The average Bonchev–Trinajstić information content (AvgIpc) is 2.03. The molecule has 13 heavy (non-hydrogen) atoms. The molecule has 0 bridgehead atoms. The van der Waals surface area contributed by atoms with Crippen LogP contribution >= 0.6 is 0 Å². The zero-order valence-corrected chi connectivity index (χ0v) is 7.32. The van der Waals surface area contributed by atoms with Crippen molar-refractivity contribution in [3.05, 3.63) is 29.3 Å². The molecule has 0 spiro atoms. The summed E-state index contributed by atoms with van der Waals surface area (Å²) < 4.78 is 0. The Morgan fingerprint density at radius 3 is 2.62 bits per heavy atom. The van der Waals surface area contributed by atoms with Crippen LogP contribution in [0.2, 0.25) is 0 Å². The van der Waals surface area contributed by atoms with E-state index in [9.17, 15) is 4.79 Å². The van der Waals surface area contributed by atoms with Crippen molar-refractivity contribution in [2.75, 3.05) is 5.73 Å². The average molecular weight is 180 g/mol. The van der Waals surface area contributed by atoms with Gasteiger partial charge in [0.05, 0.1) is 11.3 Å². The highest BCUT2D eigenvalue weighted by atomic mass is 16.4. The maximum atomic E-state index is 10.7. The molecular weight excluding hydrogens is 168 g/mol. The van der Waals surface area contributed by atoms with E-state index >= 15 is 0 Å². The second kappa shape index (κ2) is 3.45. The normalized spacial score (nSPS) is 12.5. The molecule has 1 aromatic carbocycles. The minimum absolute atomic E-state index is 0.106. The van der Waals surface area contributed by atoms with Crippen LogP contribution in [0.15, 0.2) is 18.2 Å². The Hall–Kier alpha value is -1.55. The summed E-state index contributed by atoms with van der Waals surface area (Å²) in [5.74, 6) is -1.03. The van der Waals surface area contributed by atoms with Crippen molar-refractivity contribution < 1.29 is 9.90 Å². The highest BCUT2D eigenvalue weighted by molar-refractivity contribution is 5.94. The number of carbonyl (C=O) groups is 1. The lowest BCUT2D eigenvalue weighted by Gasteiger charge is -2.10. The second-order valence-electron chi connectivity index (χ2n) is 2.90. The molecule has 0 fully saturated rings. The van der Waals surface area contributed by atoms with Gasteiger partial charge in [0.1, 0.15) is 0 Å². The molecule has 4 heteroatoms. The number of benzene rings is 1. The number of rotatable bonds is 2. The number of carboxylic acid groups (broad SMARTS) is 1. The van der Waals surface area contributed by atoms with Crippen molar-refractivity contribution in [2.24, 2.45) is 5.73 Å². The molecule has 0 saturated carbocycles. The first-order valence-corrected chi connectivity index (χ1v) is 3.91. The summed E-state index contributed by atoms with van der Waals surface area (Å²) >= 11 is 0. The fourth-order valence-electron chi connectivity index (χ4n) is 1.17. The highest BCUT2D eigenvalue weighted by Crippen LogP contribution is 2.22. The van der Waals surface area contributed by atoms with Gasteiger partial charge < -0.3 is 16.6 Å². The number of anilines is 1. The first-order chi connectivity index (χ1) is 6.04. The van der Waals surface area contributed by atoms with E-state index in [1.807, 2.05) is 0 Å². The minimum atomic E-state index is -1.03. The summed E-state index contributed by atoms with van der Waals surface area (Å²) in [7, 11) is 0. The van der Waals surface area contributed by atoms with Crippen molar-refractivity contribution >= 4 is 11.7 Å². The van der Waals surface area contributed by atoms with Gasteiger partial charge in [-0.2, -0.15) is 0 Å². The highest BCUT2D eigenvalue weighted by Gasteiger charge is 2.12. The van der Waals surface area contributed by atoms with Gasteiger partial charge in [-0.3, -0.25) is 0 Å². The van der Waals surface area contributed by atoms with Crippen LogP contribution in [-0.4, -0.2) is 11.1 Å². The molecule has 1 aromatic rings. The van der Waals surface area contributed by atoms with Crippen molar-refractivity contribution in [1.82, 2.24) is 0 Å². The first-order valence-electron chi connectivity index (χ1n) is 3.91. The standard InChI is InChI=1S/C9H12N2O2/c1-5(10)6-3-2-4-7(8(6)11)9(12)13/h2-5H,10-11H2,1H3,(H,12,13)/t5-/m0/s1. The van der Waals surface area contributed by atoms with E-state index in [4.69, 9.17) is 16.6 Å². The molecule has 5 N–H and O–H groups in total. The van der Waals surface area contributed by atoms with E-state index in [1.54, 1.807) is 19.1 Å². The molecule has 0 aromatic heterocycles. The van der Waals surface area contributed by atoms with E-state index in [1.165, 1.54) is 6.07 Å². The Balaban J connectivity index is 3.26. The Morgan fingerprint density at radius 1 is 1.54 bits per heavy atom. The molecule has 0 aliphatic rings. The van der Waals surface area contributed by atoms with Crippen molar-refractivity contribution in [1.29, 1.82) is 0 Å². The fourth-order valence-corrected chi connectivity index (χ4v) is 1.17. The lowest BCUT2D eigenvalue weighted by atomic mass is 10.0. The van der Waals surface area contributed by atoms with Crippen LogP contribution in [0.5, 0.6) is 0 Å². The second-order valence-corrected chi connectivity index (χ2v) is 2.90. The maximum absolute atomic E-state index is 10.7. The van der Waals surface area contributed by atoms with E-state index in [0.717, 1.165) is 0 Å². The third-order valence-corrected chi connectivity index (χ3v) is 1.86. The van der Waals surface area contributed by atoms with Crippen LogP contribution < -0.4 is 11.5 Å². The quantitative estimate of drug-likeness (QED) is 0.592. The van der Waals surface area contributed by atoms with E-state index in [0.29, 0.717) is 5.56 Å². The zero-order chi connectivity index (χ0) is 10.0. The first kappa shape index (κ1) is 9.54. The number of hydrogen-bond donors (Lipinski definition) is 3. The monoisotopic (exact) mass is 180 g/mol. The minimum Gasteiger partial charge on any atom is -0.478 e. The Labute approximate surface area is 76.2 Å². The molecule has 0 aliphatic heterocycles. The molecule has 70 valence electrons. The van der Waals surface area contributed by atoms with Gasteiger partial charge in [0, 0.05) is 6.04 Å². The van der Waals surface area contributed by atoms with Gasteiger partial charge in [-0.15, -0.1) is 0 Å². The molecule has 0 radical (unpaired) electrons. The van der Waals surface area contributed by atoms with Crippen LogP contribution in [-0.2, 0) is 0 Å². The predicted octanol–water partition coefficient (Wildman–Crippen LogP) is 0.987. The summed E-state index contributed by atoms with van der Waals surface area (Å²) in [6.07, 6.45) is 0. The Bertz CT molecular complexity index is 334. The molecule has 0 heterocycles. The summed E-state index contributed by atoms with van der Waals surface area (Å²) in [5, 5.41) is 8.75. The Kier molecular flexibility index (Phi) is 2.53. The SMILES string of the molecule is C[C@H](N)c1cccc(C(=O)O)c1N. The molecule has 0 unspecified atom stereocenters. The largest absolute Gasteiger partial charge is 0.478 e. The van der Waals surface area contributed by atoms with Gasteiger partial charge in [0.25, 0.3) is 0 Å². The van der Waals surface area contributed by atoms with Gasteiger partial charge in [0.2, 0.25) is 0 Å². The molecular formula is C9H12N2O2. The summed E-state index contributed by atoms with van der Waals surface area (Å²) in [6.45, 7) is 1.76. The van der Waals surface area contributed by atoms with Crippen LogP contribution in [0.1, 0.15) is 28.9 Å². The smallest absolute Gasteiger partial charge is 0.337 e. The summed E-state index contributed by atoms with van der Waals surface area (Å²) in [5.41, 5.74) is 12.3. The van der Waals surface area contributed by atoms with E-state index in [2.05, 4.69) is 0 Å². The van der Waals surface area contributed by atoms with Crippen molar-refractivity contribution in [3.63, 3.8) is 0 Å². The van der Waals surface area contributed by atoms with Crippen molar-refractivity contribution in [2.45, 2.75) is 13.0 Å². The lowest BCUT2D eigenvalue weighted by Crippen LogP contribution is -2.11. The number of nitrogens with two attached hydrogens (primary N) is 2. The number of nitrogen functional groups attached to an aromatic ring is 1. The Morgan fingerprint density at radius 2 is 2.15 bits per heavy atom. The molecule has 1 atom stereocenters. The summed E-state index contributed by atoms with van der Waals surface area (Å²) in [4.78, 5) is 10.7. The molecule has 1 rings (SSSR count). The van der Waals surface area contributed by atoms with Gasteiger partial charge in [0.15, 0.2) is 0 Å². The number of carboxylic acids is 1. The third-order valence-electron chi connectivity index (χ3n) is 1.86. The maximum Gasteiger partial charge on any atom is 0.337 e.